The molecule has 3 amide bonds. The Morgan fingerprint density at radius 3 is 2.00 bits per heavy atom. The van der Waals surface area contributed by atoms with Gasteiger partial charge in [-0.15, -0.1) is 0 Å². The number of hydrogen-bond donors (Lipinski definition) is 2. The highest BCUT2D eigenvalue weighted by Gasteiger charge is 2.15. The first-order valence-electron chi connectivity index (χ1n) is 4.91. The molecule has 94 valence electrons. The molecule has 0 aromatic heterocycles. The maximum Gasteiger partial charge on any atom is 0.248 e. The predicted molar refractivity (Wildman–Crippen MR) is 60.6 cm³/mol. The van der Waals surface area contributed by atoms with Gasteiger partial charge in [0.15, 0.2) is 0 Å². The Morgan fingerprint density at radius 1 is 1.31 bits per heavy atom. The molecule has 2 N–H and O–H groups in total. The smallest absolute Gasteiger partial charge is 0.248 e. The van der Waals surface area contributed by atoms with Crippen molar-refractivity contribution in [1.82, 2.24) is 10.6 Å². The van der Waals surface area contributed by atoms with E-state index >= 15 is 0 Å². The van der Waals surface area contributed by atoms with Gasteiger partial charge in [-0.1, -0.05) is 20.8 Å². The van der Waals surface area contributed by atoms with Gasteiger partial charge in [-0.25, -0.2) is 0 Å². The number of carbonyl (C=O) groups excluding carboxylic acids is 4. The molecule has 0 saturated heterocycles. The predicted octanol–water partition coefficient (Wildman–Crippen LogP) is 0.0150. The van der Waals surface area contributed by atoms with Crippen LogP contribution in [-0.4, -0.2) is 31.1 Å². The summed E-state index contributed by atoms with van der Waals surface area (Å²) in [4.78, 5) is 39.4. The fourth-order valence-corrected chi connectivity index (χ4v) is 0.757. The lowest BCUT2D eigenvalue weighted by molar-refractivity contribution is -0.130. The van der Waals surface area contributed by atoms with Gasteiger partial charge in [0.05, 0.1) is 0 Å². The molecule has 0 fully saturated rings. The van der Waals surface area contributed by atoms with Crippen LogP contribution in [0.15, 0.2) is 0 Å². The van der Waals surface area contributed by atoms with E-state index in [9.17, 15) is 14.4 Å². The number of hydrogen-bond acceptors (Lipinski definition) is 4. The monoisotopic (exact) mass is 232 g/mol. The maximum absolute atomic E-state index is 11.0. The Kier molecular flexibility index (Phi) is 19.5. The number of rotatable bonds is 4. The zero-order valence-corrected chi connectivity index (χ0v) is 10.2. The molecule has 0 saturated carbocycles. The van der Waals surface area contributed by atoms with E-state index < -0.39 is 11.9 Å². The minimum Gasteiger partial charge on any atom is -0.345 e. The van der Waals surface area contributed by atoms with Crippen LogP contribution in [0.1, 0.15) is 34.1 Å². The van der Waals surface area contributed by atoms with Gasteiger partial charge in [-0.2, -0.15) is 0 Å². The molecule has 0 aliphatic rings. The third-order valence-electron chi connectivity index (χ3n) is 1.30. The summed E-state index contributed by atoms with van der Waals surface area (Å²) in [6.07, 6.45) is 0.756. The van der Waals surface area contributed by atoms with Gasteiger partial charge >= 0.3 is 0 Å². The van der Waals surface area contributed by atoms with Gasteiger partial charge in [-0.3, -0.25) is 19.7 Å². The molecule has 0 aromatic rings. The summed E-state index contributed by atoms with van der Waals surface area (Å²) >= 11 is 0. The van der Waals surface area contributed by atoms with E-state index in [1.807, 2.05) is 26.0 Å². The Hall–Kier alpha value is -1.72. The molecule has 6 nitrogen and oxygen atoms in total. The van der Waals surface area contributed by atoms with Crippen LogP contribution >= 0.6 is 0 Å². The lowest BCUT2D eigenvalue weighted by Crippen LogP contribution is -2.45. The van der Waals surface area contributed by atoms with Crippen LogP contribution in [0.5, 0.6) is 0 Å². The van der Waals surface area contributed by atoms with Crippen molar-refractivity contribution >= 4 is 25.0 Å². The summed E-state index contributed by atoms with van der Waals surface area (Å²) in [6.45, 7) is 9.06. The van der Waals surface area contributed by atoms with E-state index in [1.54, 1.807) is 6.92 Å². The quantitative estimate of drug-likeness (QED) is 0.668. The third-order valence-corrected chi connectivity index (χ3v) is 1.30. The average Bonchev–Trinajstić information content (AvgIpc) is 2.31. The Labute approximate surface area is 95.8 Å². The Balaban J connectivity index is -0.000000376. The van der Waals surface area contributed by atoms with Crippen LogP contribution in [0.3, 0.4) is 0 Å². The highest BCUT2D eigenvalue weighted by molar-refractivity contribution is 5.92. The normalized spacial score (nSPS) is 9.25. The van der Waals surface area contributed by atoms with Crippen LogP contribution in [0.4, 0.5) is 0 Å². The summed E-state index contributed by atoms with van der Waals surface area (Å²) < 4.78 is 0. The number of nitrogens with one attached hydrogen (secondary N) is 2. The Morgan fingerprint density at radius 2 is 1.75 bits per heavy atom. The molecule has 0 aromatic carbocycles. The van der Waals surface area contributed by atoms with E-state index in [0.29, 0.717) is 12.8 Å². The summed E-state index contributed by atoms with van der Waals surface area (Å²) in [5.41, 5.74) is 0. The second-order valence-electron chi connectivity index (χ2n) is 2.29. The van der Waals surface area contributed by atoms with Crippen molar-refractivity contribution < 1.29 is 19.2 Å². The zero-order valence-electron chi connectivity index (χ0n) is 10.2. The summed E-state index contributed by atoms with van der Waals surface area (Å²) in [7, 11) is 0. The summed E-state index contributed by atoms with van der Waals surface area (Å²) in [5.74, 6) is -0.773. The SMILES string of the molecule is C=O.CC.CCC(NC(C)=O)C(=O)NC=O. The highest BCUT2D eigenvalue weighted by atomic mass is 16.2. The standard InChI is InChI=1S/C7H12N2O3.C2H6.CH2O/c1-3-6(9-5(2)11)7(12)8-4-10;2*1-2/h4,6H,3H2,1-2H3,(H,9,11)(H,8,10,12);1-2H3;1H2. The lowest BCUT2D eigenvalue weighted by atomic mass is 10.2. The van der Waals surface area contributed by atoms with E-state index in [1.165, 1.54) is 6.92 Å². The molecule has 16 heavy (non-hydrogen) atoms. The maximum atomic E-state index is 11.0. The van der Waals surface area contributed by atoms with Crippen LogP contribution in [0, 0.1) is 0 Å². The average molecular weight is 232 g/mol. The van der Waals surface area contributed by atoms with Crippen LogP contribution < -0.4 is 10.6 Å². The largest absolute Gasteiger partial charge is 0.345 e. The molecule has 0 heterocycles. The van der Waals surface area contributed by atoms with Crippen LogP contribution in [-0.2, 0) is 19.2 Å². The third kappa shape index (κ3) is 12.3. The van der Waals surface area contributed by atoms with Gasteiger partial charge in [0.1, 0.15) is 12.8 Å². The van der Waals surface area contributed by atoms with Crippen molar-refractivity contribution in [2.24, 2.45) is 0 Å². The van der Waals surface area contributed by atoms with Crippen LogP contribution in [0.25, 0.3) is 0 Å². The minimum absolute atomic E-state index is 0.289. The van der Waals surface area contributed by atoms with E-state index in [-0.39, 0.29) is 5.91 Å². The topological polar surface area (TPSA) is 92.3 Å². The first-order chi connectivity index (χ1) is 7.61. The molecule has 0 spiro atoms. The molecule has 1 unspecified atom stereocenters. The van der Waals surface area contributed by atoms with Crippen LogP contribution in [0.2, 0.25) is 0 Å². The first kappa shape index (κ1) is 19.8. The molecule has 0 rings (SSSR count). The molecule has 0 radical (unpaired) electrons. The first-order valence-corrected chi connectivity index (χ1v) is 4.91. The van der Waals surface area contributed by atoms with Crippen molar-refractivity contribution in [3.63, 3.8) is 0 Å². The molecule has 0 aliphatic heterocycles. The van der Waals surface area contributed by atoms with Gasteiger partial charge in [0.2, 0.25) is 18.2 Å². The second kappa shape index (κ2) is 15.7. The van der Waals surface area contributed by atoms with Crippen molar-refractivity contribution in [1.29, 1.82) is 0 Å². The number of carbonyl (C=O) groups is 4. The second-order valence-corrected chi connectivity index (χ2v) is 2.29. The van der Waals surface area contributed by atoms with Crippen molar-refractivity contribution in [2.75, 3.05) is 0 Å². The van der Waals surface area contributed by atoms with Gasteiger partial charge in [0.25, 0.3) is 0 Å². The summed E-state index contributed by atoms with van der Waals surface area (Å²) in [5, 5.41) is 4.37. The molecule has 1 atom stereocenters. The van der Waals surface area contributed by atoms with Gasteiger partial charge in [-0.05, 0) is 6.42 Å². The highest BCUT2D eigenvalue weighted by Crippen LogP contribution is 1.89. The molecular weight excluding hydrogens is 212 g/mol. The van der Waals surface area contributed by atoms with Crippen molar-refractivity contribution in [3.05, 3.63) is 0 Å². The van der Waals surface area contributed by atoms with E-state index in [0.717, 1.165) is 0 Å². The van der Waals surface area contributed by atoms with Crippen molar-refractivity contribution in [2.45, 2.75) is 40.2 Å². The van der Waals surface area contributed by atoms with E-state index in [4.69, 9.17) is 4.79 Å². The number of amides is 3. The Bertz CT molecular complexity index is 207. The fourth-order valence-electron chi connectivity index (χ4n) is 0.757. The number of imide groups is 1. The van der Waals surface area contributed by atoms with Gasteiger partial charge < -0.3 is 10.1 Å². The fraction of sp³-hybridized carbons (Fsp3) is 0.600. The lowest BCUT2D eigenvalue weighted by Gasteiger charge is -2.12. The molecule has 0 bridgehead atoms. The minimum atomic E-state index is -0.618. The summed E-state index contributed by atoms with van der Waals surface area (Å²) in [6, 6.07) is -0.618. The zero-order chi connectivity index (χ0) is 13.6. The molecule has 6 heteroatoms. The van der Waals surface area contributed by atoms with Crippen molar-refractivity contribution in [3.8, 4) is 0 Å². The molecular formula is C10H20N2O4. The van der Waals surface area contributed by atoms with Gasteiger partial charge in [0, 0.05) is 6.92 Å². The molecule has 0 aliphatic carbocycles. The van der Waals surface area contributed by atoms with E-state index in [2.05, 4.69) is 5.32 Å².